The fraction of sp³-hybridized carbons (Fsp3) is 0.200. The number of halogens is 2. The van der Waals surface area contributed by atoms with E-state index in [0.29, 0.717) is 16.5 Å². The maximum atomic E-state index is 13.8. The van der Waals surface area contributed by atoms with Crippen molar-refractivity contribution in [3.8, 4) is 0 Å². The van der Waals surface area contributed by atoms with Crippen LogP contribution in [0.5, 0.6) is 0 Å². The first kappa shape index (κ1) is 21.2. The fourth-order valence-corrected chi connectivity index (χ4v) is 3.74. The van der Waals surface area contributed by atoms with Crippen LogP contribution in [0.2, 0.25) is 0 Å². The molecule has 1 aromatic heterocycles. The van der Waals surface area contributed by atoms with Gasteiger partial charge in [-0.1, -0.05) is 52.0 Å². The Morgan fingerprint density at radius 3 is 2.55 bits per heavy atom. The lowest BCUT2D eigenvalue weighted by molar-refractivity contribution is 0.0933. The van der Waals surface area contributed by atoms with E-state index in [-0.39, 0.29) is 17.1 Å². The highest BCUT2D eigenvalue weighted by molar-refractivity contribution is 9.10. The summed E-state index contributed by atoms with van der Waals surface area (Å²) in [5, 5.41) is 11.5. The van der Waals surface area contributed by atoms with Crippen LogP contribution in [0.4, 0.5) is 4.39 Å². The van der Waals surface area contributed by atoms with Crippen molar-refractivity contribution < 1.29 is 14.0 Å². The monoisotopic (exact) mass is 476 g/mol. The summed E-state index contributed by atoms with van der Waals surface area (Å²) in [4.78, 5) is 24.6. The molecule has 1 N–H and O–H groups in total. The van der Waals surface area contributed by atoms with E-state index < -0.39 is 17.8 Å². The number of hydrogen-bond donors (Lipinski definition) is 1. The van der Waals surface area contributed by atoms with Crippen molar-refractivity contribution in [1.29, 1.82) is 0 Å². The molecule has 0 spiro atoms. The molecule has 0 unspecified atom stereocenters. The van der Waals surface area contributed by atoms with Gasteiger partial charge in [0.1, 0.15) is 5.82 Å². The minimum atomic E-state index is -0.585. The second kappa shape index (κ2) is 9.32. The molecule has 0 saturated heterocycles. The third-order valence-electron chi connectivity index (χ3n) is 4.22. The van der Waals surface area contributed by atoms with Gasteiger partial charge in [0, 0.05) is 17.1 Å². The molecule has 29 heavy (non-hydrogen) atoms. The smallest absolute Gasteiger partial charge is 0.254 e. The molecule has 0 aliphatic rings. The zero-order valence-corrected chi connectivity index (χ0v) is 18.1. The minimum Gasteiger partial charge on any atom is -0.342 e. The average Bonchev–Trinajstić information content (AvgIpc) is 3.07. The van der Waals surface area contributed by atoms with Crippen LogP contribution in [0.25, 0.3) is 0 Å². The van der Waals surface area contributed by atoms with Crippen LogP contribution < -0.4 is 5.32 Å². The van der Waals surface area contributed by atoms with Crippen LogP contribution >= 0.6 is 27.7 Å². The molecule has 1 heterocycles. The van der Waals surface area contributed by atoms with Crippen molar-refractivity contribution in [3.63, 3.8) is 0 Å². The second-order valence-corrected chi connectivity index (χ2v) is 8.15. The molecule has 150 valence electrons. The highest BCUT2D eigenvalue weighted by Crippen LogP contribution is 2.21. The predicted molar refractivity (Wildman–Crippen MR) is 112 cm³/mol. The number of aromatic nitrogens is 3. The van der Waals surface area contributed by atoms with Gasteiger partial charge in [-0.2, -0.15) is 0 Å². The fourth-order valence-electron chi connectivity index (χ4n) is 2.66. The van der Waals surface area contributed by atoms with Crippen LogP contribution in [0.1, 0.15) is 39.5 Å². The maximum Gasteiger partial charge on any atom is 0.254 e. The summed E-state index contributed by atoms with van der Waals surface area (Å²) in [5.41, 5.74) is 0.588. The second-order valence-electron chi connectivity index (χ2n) is 6.29. The number of carbonyl (C=O) groups excluding carboxylic acids is 2. The molecule has 0 aliphatic heterocycles. The van der Waals surface area contributed by atoms with Crippen molar-refractivity contribution in [3.05, 3.63) is 75.8 Å². The summed E-state index contributed by atoms with van der Waals surface area (Å²) in [5.74, 6) is -0.416. The van der Waals surface area contributed by atoms with Crippen molar-refractivity contribution in [2.24, 2.45) is 7.05 Å². The van der Waals surface area contributed by atoms with Crippen molar-refractivity contribution >= 4 is 39.4 Å². The first-order chi connectivity index (χ1) is 13.9. The summed E-state index contributed by atoms with van der Waals surface area (Å²) in [6.45, 7) is 1.74. The standard InChI is InChI=1S/C20H18BrFN4O2S/c1-12(23-19(28)15-5-3-4-6-16(15)22)18-24-25-20(26(18)2)29-11-17(27)13-7-9-14(21)10-8-13/h3-10,12H,11H2,1-2H3,(H,23,28)/t12-/m0/s1. The van der Waals surface area contributed by atoms with Gasteiger partial charge in [-0.25, -0.2) is 4.39 Å². The highest BCUT2D eigenvalue weighted by Gasteiger charge is 2.20. The number of carbonyl (C=O) groups is 2. The van der Waals surface area contributed by atoms with Gasteiger partial charge in [-0.05, 0) is 31.2 Å². The number of ketones is 1. The van der Waals surface area contributed by atoms with E-state index in [1.54, 1.807) is 36.7 Å². The Bertz CT molecular complexity index is 1040. The lowest BCUT2D eigenvalue weighted by Crippen LogP contribution is -2.29. The molecule has 0 saturated carbocycles. The Balaban J connectivity index is 1.64. The zero-order chi connectivity index (χ0) is 21.0. The van der Waals surface area contributed by atoms with Gasteiger partial charge in [-0.3, -0.25) is 9.59 Å². The Labute approximate surface area is 180 Å². The lowest BCUT2D eigenvalue weighted by atomic mass is 10.2. The molecule has 1 amide bonds. The maximum absolute atomic E-state index is 13.8. The van der Waals surface area contributed by atoms with E-state index in [1.807, 2.05) is 12.1 Å². The lowest BCUT2D eigenvalue weighted by Gasteiger charge is -2.14. The van der Waals surface area contributed by atoms with Gasteiger partial charge in [-0.15, -0.1) is 10.2 Å². The van der Waals surface area contributed by atoms with Gasteiger partial charge >= 0.3 is 0 Å². The molecular weight excluding hydrogens is 459 g/mol. The Kier molecular flexibility index (Phi) is 6.81. The number of nitrogens with zero attached hydrogens (tertiary/aromatic N) is 3. The zero-order valence-electron chi connectivity index (χ0n) is 15.7. The third-order valence-corrected chi connectivity index (χ3v) is 5.77. The van der Waals surface area contributed by atoms with E-state index in [4.69, 9.17) is 0 Å². The molecule has 0 aliphatic carbocycles. The molecule has 3 rings (SSSR count). The van der Waals surface area contributed by atoms with E-state index in [9.17, 15) is 14.0 Å². The number of rotatable bonds is 7. The Hall–Kier alpha value is -2.52. The quantitative estimate of drug-likeness (QED) is 0.408. The average molecular weight is 477 g/mol. The number of Topliss-reactive ketones (excluding diaryl/α,β-unsaturated/α-hetero) is 1. The van der Waals surface area contributed by atoms with E-state index >= 15 is 0 Å². The van der Waals surface area contributed by atoms with Crippen LogP contribution in [0.15, 0.2) is 58.2 Å². The van der Waals surface area contributed by atoms with Crippen molar-refractivity contribution in [1.82, 2.24) is 20.1 Å². The first-order valence-corrected chi connectivity index (χ1v) is 10.5. The number of hydrogen-bond acceptors (Lipinski definition) is 5. The Morgan fingerprint density at radius 2 is 1.86 bits per heavy atom. The highest BCUT2D eigenvalue weighted by atomic mass is 79.9. The molecule has 6 nitrogen and oxygen atoms in total. The van der Waals surface area contributed by atoms with Gasteiger partial charge in [0.2, 0.25) is 0 Å². The summed E-state index contributed by atoms with van der Waals surface area (Å²) < 4.78 is 16.4. The molecule has 9 heteroatoms. The van der Waals surface area contributed by atoms with Crippen LogP contribution in [0, 0.1) is 5.82 Å². The van der Waals surface area contributed by atoms with Gasteiger partial charge in [0.25, 0.3) is 5.91 Å². The Morgan fingerprint density at radius 1 is 1.17 bits per heavy atom. The number of benzene rings is 2. The molecule has 0 radical (unpaired) electrons. The van der Waals surface area contributed by atoms with Crippen LogP contribution in [-0.4, -0.2) is 32.2 Å². The van der Waals surface area contributed by atoms with Crippen LogP contribution in [-0.2, 0) is 7.05 Å². The summed E-state index contributed by atoms with van der Waals surface area (Å²) in [6.07, 6.45) is 0. The molecule has 2 aromatic carbocycles. The number of thioether (sulfide) groups is 1. The SMILES string of the molecule is C[C@H](NC(=O)c1ccccc1F)c1nnc(SCC(=O)c2ccc(Br)cc2)n1C. The summed E-state index contributed by atoms with van der Waals surface area (Å²) in [6, 6.07) is 12.4. The van der Waals surface area contributed by atoms with E-state index in [1.165, 1.54) is 30.0 Å². The third kappa shape index (κ3) is 5.10. The number of nitrogens with one attached hydrogen (secondary N) is 1. The molecule has 1 atom stereocenters. The molecular formula is C20H18BrFN4O2S. The molecule has 3 aromatic rings. The van der Waals surface area contributed by atoms with Gasteiger partial charge < -0.3 is 9.88 Å². The van der Waals surface area contributed by atoms with Gasteiger partial charge in [0.15, 0.2) is 16.8 Å². The van der Waals surface area contributed by atoms with Crippen molar-refractivity contribution in [2.75, 3.05) is 5.75 Å². The molecule has 0 fully saturated rings. The molecule has 0 bridgehead atoms. The normalized spacial score (nSPS) is 11.9. The topological polar surface area (TPSA) is 76.9 Å². The summed E-state index contributed by atoms with van der Waals surface area (Å²) >= 11 is 4.61. The predicted octanol–water partition coefficient (Wildman–Crippen LogP) is 4.18. The van der Waals surface area contributed by atoms with Crippen molar-refractivity contribution in [2.45, 2.75) is 18.1 Å². The summed E-state index contributed by atoms with van der Waals surface area (Å²) in [7, 11) is 1.76. The largest absolute Gasteiger partial charge is 0.342 e. The minimum absolute atomic E-state index is 0.0204. The number of amides is 1. The van der Waals surface area contributed by atoms with Gasteiger partial charge in [0.05, 0.1) is 17.4 Å². The van der Waals surface area contributed by atoms with Crippen LogP contribution in [0.3, 0.4) is 0 Å². The first-order valence-electron chi connectivity index (χ1n) is 8.73. The van der Waals surface area contributed by atoms with E-state index in [2.05, 4.69) is 31.4 Å². The van der Waals surface area contributed by atoms with E-state index in [0.717, 1.165) is 4.47 Å².